The summed E-state index contributed by atoms with van der Waals surface area (Å²) in [4.78, 5) is 25.6. The smallest absolute Gasteiger partial charge is 0.323 e. The van der Waals surface area contributed by atoms with E-state index in [-0.39, 0.29) is 18.6 Å². The van der Waals surface area contributed by atoms with E-state index in [1.165, 1.54) is 4.90 Å². The summed E-state index contributed by atoms with van der Waals surface area (Å²) >= 11 is 0. The van der Waals surface area contributed by atoms with Crippen molar-refractivity contribution >= 4 is 12.0 Å². The minimum absolute atomic E-state index is 0.0691. The number of methoxy groups -OCH3 is 1. The van der Waals surface area contributed by atoms with E-state index in [0.29, 0.717) is 19.7 Å². The Hall–Kier alpha value is -1.30. The number of rotatable bonds is 7. The van der Waals surface area contributed by atoms with Crippen LogP contribution in [0.2, 0.25) is 0 Å². The van der Waals surface area contributed by atoms with Gasteiger partial charge in [-0.05, 0) is 20.8 Å². The largest absolute Gasteiger partial charge is 0.480 e. The molecular formula is C11H22N2O4. The molecule has 1 N–H and O–H groups in total. The molecule has 0 aromatic heterocycles. The van der Waals surface area contributed by atoms with Crippen LogP contribution in [0.1, 0.15) is 20.8 Å². The number of aliphatic carboxylic acids is 1. The zero-order valence-electron chi connectivity index (χ0n) is 11.0. The van der Waals surface area contributed by atoms with E-state index in [1.54, 1.807) is 18.9 Å². The van der Waals surface area contributed by atoms with Crippen LogP contribution in [0.4, 0.5) is 4.79 Å². The highest BCUT2D eigenvalue weighted by atomic mass is 16.5. The van der Waals surface area contributed by atoms with Gasteiger partial charge in [0.25, 0.3) is 0 Å². The molecule has 0 bridgehead atoms. The maximum absolute atomic E-state index is 12.1. The van der Waals surface area contributed by atoms with Gasteiger partial charge in [-0.25, -0.2) is 4.79 Å². The third kappa shape index (κ3) is 5.04. The average Bonchev–Trinajstić information content (AvgIpc) is 2.26. The minimum Gasteiger partial charge on any atom is -0.480 e. The van der Waals surface area contributed by atoms with E-state index in [2.05, 4.69) is 0 Å². The molecule has 0 aliphatic heterocycles. The lowest BCUT2D eigenvalue weighted by Crippen LogP contribution is -2.49. The van der Waals surface area contributed by atoms with Gasteiger partial charge >= 0.3 is 12.0 Å². The SMILES string of the molecule is CCN(CC(=O)O)C(=O)N(CC)C(C)COC. The molecule has 0 aromatic carbocycles. The van der Waals surface area contributed by atoms with Crippen molar-refractivity contribution in [2.45, 2.75) is 26.8 Å². The van der Waals surface area contributed by atoms with Crippen LogP contribution in [0, 0.1) is 0 Å². The van der Waals surface area contributed by atoms with E-state index in [1.807, 2.05) is 13.8 Å². The van der Waals surface area contributed by atoms with Gasteiger partial charge in [0, 0.05) is 20.2 Å². The highest BCUT2D eigenvalue weighted by Gasteiger charge is 2.24. The van der Waals surface area contributed by atoms with Crippen LogP contribution < -0.4 is 0 Å². The normalized spacial score (nSPS) is 12.0. The summed E-state index contributed by atoms with van der Waals surface area (Å²) in [5.74, 6) is -1.00. The second kappa shape index (κ2) is 7.89. The molecule has 0 aromatic rings. The number of carboxylic acids is 1. The molecule has 0 radical (unpaired) electrons. The lowest BCUT2D eigenvalue weighted by Gasteiger charge is -2.32. The molecule has 0 aliphatic carbocycles. The van der Waals surface area contributed by atoms with Crippen molar-refractivity contribution in [3.8, 4) is 0 Å². The highest BCUT2D eigenvalue weighted by molar-refractivity contribution is 5.80. The predicted molar refractivity (Wildman–Crippen MR) is 64.0 cm³/mol. The summed E-state index contributed by atoms with van der Waals surface area (Å²) in [5.41, 5.74) is 0. The number of carboxylic acid groups (broad SMARTS) is 1. The number of carbonyl (C=O) groups is 2. The van der Waals surface area contributed by atoms with Crippen molar-refractivity contribution in [2.24, 2.45) is 0 Å². The molecule has 0 saturated carbocycles. The number of nitrogens with zero attached hydrogens (tertiary/aromatic N) is 2. The Morgan fingerprint density at radius 1 is 1.29 bits per heavy atom. The van der Waals surface area contributed by atoms with E-state index < -0.39 is 5.97 Å². The molecule has 6 heteroatoms. The Balaban J connectivity index is 4.63. The van der Waals surface area contributed by atoms with Crippen molar-refractivity contribution in [1.82, 2.24) is 9.80 Å². The summed E-state index contributed by atoms with van der Waals surface area (Å²) in [5, 5.41) is 8.72. The molecule has 0 saturated heterocycles. The molecule has 1 unspecified atom stereocenters. The Morgan fingerprint density at radius 3 is 2.24 bits per heavy atom. The van der Waals surface area contributed by atoms with Crippen LogP contribution in [0.3, 0.4) is 0 Å². The van der Waals surface area contributed by atoms with Gasteiger partial charge < -0.3 is 19.6 Å². The Bertz CT molecular complexity index is 258. The third-order valence-electron chi connectivity index (χ3n) is 2.50. The zero-order valence-corrected chi connectivity index (χ0v) is 11.0. The van der Waals surface area contributed by atoms with E-state index in [0.717, 1.165) is 0 Å². The second-order valence-corrected chi connectivity index (χ2v) is 3.78. The fraction of sp³-hybridized carbons (Fsp3) is 0.818. The molecule has 100 valence electrons. The Morgan fingerprint density at radius 2 is 1.88 bits per heavy atom. The first kappa shape index (κ1) is 15.7. The molecule has 0 rings (SSSR count). The number of amides is 2. The summed E-state index contributed by atoms with van der Waals surface area (Å²) in [6.45, 7) is 6.56. The number of ether oxygens (including phenoxy) is 1. The molecule has 0 heterocycles. The number of hydrogen-bond donors (Lipinski definition) is 1. The monoisotopic (exact) mass is 246 g/mol. The fourth-order valence-electron chi connectivity index (χ4n) is 1.63. The van der Waals surface area contributed by atoms with Crippen molar-refractivity contribution in [3.05, 3.63) is 0 Å². The number of carbonyl (C=O) groups excluding carboxylic acids is 1. The number of hydrogen-bond acceptors (Lipinski definition) is 3. The number of urea groups is 1. The maximum atomic E-state index is 12.1. The summed E-state index contributed by atoms with van der Waals surface area (Å²) < 4.78 is 5.00. The van der Waals surface area contributed by atoms with Crippen LogP contribution >= 0.6 is 0 Å². The van der Waals surface area contributed by atoms with Crippen LogP contribution in [-0.2, 0) is 9.53 Å². The first-order valence-corrected chi connectivity index (χ1v) is 5.74. The van der Waals surface area contributed by atoms with Gasteiger partial charge in [-0.15, -0.1) is 0 Å². The van der Waals surface area contributed by atoms with E-state index >= 15 is 0 Å². The van der Waals surface area contributed by atoms with Crippen LogP contribution in [0.25, 0.3) is 0 Å². The van der Waals surface area contributed by atoms with Crippen molar-refractivity contribution < 1.29 is 19.4 Å². The summed E-state index contributed by atoms with van der Waals surface area (Å²) in [6.07, 6.45) is 0. The molecule has 0 fully saturated rings. The highest BCUT2D eigenvalue weighted by Crippen LogP contribution is 2.05. The molecule has 0 aliphatic rings. The standard InChI is InChI=1S/C11H22N2O4/c1-5-12(7-10(14)15)11(16)13(6-2)9(3)8-17-4/h9H,5-8H2,1-4H3,(H,14,15). The molecule has 1 atom stereocenters. The second-order valence-electron chi connectivity index (χ2n) is 3.78. The molecule has 2 amide bonds. The van der Waals surface area contributed by atoms with Crippen molar-refractivity contribution in [1.29, 1.82) is 0 Å². The van der Waals surface area contributed by atoms with Gasteiger partial charge in [0.15, 0.2) is 0 Å². The Kier molecular flexibility index (Phi) is 7.29. The van der Waals surface area contributed by atoms with Crippen LogP contribution in [-0.4, -0.2) is 66.3 Å². The molecule has 0 spiro atoms. The predicted octanol–water partition coefficient (Wildman–Crippen LogP) is 0.870. The average molecular weight is 246 g/mol. The first-order valence-electron chi connectivity index (χ1n) is 5.74. The van der Waals surface area contributed by atoms with E-state index in [9.17, 15) is 9.59 Å². The third-order valence-corrected chi connectivity index (χ3v) is 2.50. The van der Waals surface area contributed by atoms with Gasteiger partial charge in [0.1, 0.15) is 6.54 Å². The zero-order chi connectivity index (χ0) is 13.4. The topological polar surface area (TPSA) is 70.1 Å². The molecule has 6 nitrogen and oxygen atoms in total. The van der Waals surface area contributed by atoms with Crippen LogP contribution in [0.5, 0.6) is 0 Å². The lowest BCUT2D eigenvalue weighted by molar-refractivity contribution is -0.137. The minimum atomic E-state index is -1.00. The maximum Gasteiger partial charge on any atom is 0.323 e. The van der Waals surface area contributed by atoms with Crippen LogP contribution in [0.15, 0.2) is 0 Å². The fourth-order valence-corrected chi connectivity index (χ4v) is 1.63. The van der Waals surface area contributed by atoms with Gasteiger partial charge in [-0.1, -0.05) is 0 Å². The molecule has 17 heavy (non-hydrogen) atoms. The quantitative estimate of drug-likeness (QED) is 0.723. The Labute approximate surface area is 102 Å². The van der Waals surface area contributed by atoms with Gasteiger partial charge in [-0.2, -0.15) is 0 Å². The first-order chi connectivity index (χ1) is 7.97. The van der Waals surface area contributed by atoms with Crippen molar-refractivity contribution in [2.75, 3.05) is 33.4 Å². The van der Waals surface area contributed by atoms with Gasteiger partial charge in [0.2, 0.25) is 0 Å². The van der Waals surface area contributed by atoms with E-state index in [4.69, 9.17) is 9.84 Å². The summed E-state index contributed by atoms with van der Waals surface area (Å²) in [6, 6.07) is -0.331. The molecular weight excluding hydrogens is 224 g/mol. The van der Waals surface area contributed by atoms with Crippen molar-refractivity contribution in [3.63, 3.8) is 0 Å². The summed E-state index contributed by atoms with van der Waals surface area (Å²) in [7, 11) is 1.57. The lowest BCUT2D eigenvalue weighted by atomic mass is 10.3. The number of likely N-dealkylation sites (N-methyl/N-ethyl adjacent to an activating group) is 2. The van der Waals surface area contributed by atoms with Gasteiger partial charge in [0.05, 0.1) is 12.6 Å². The van der Waals surface area contributed by atoms with Gasteiger partial charge in [-0.3, -0.25) is 4.79 Å².